The molecule has 2 aromatic carbocycles. The molecule has 0 atom stereocenters. The van der Waals surface area contributed by atoms with Gasteiger partial charge in [-0.1, -0.05) is 30.3 Å². The summed E-state index contributed by atoms with van der Waals surface area (Å²) in [6.45, 7) is 1.47. The van der Waals surface area contributed by atoms with Gasteiger partial charge in [0.05, 0.1) is 5.69 Å². The lowest BCUT2D eigenvalue weighted by Gasteiger charge is -2.18. The van der Waals surface area contributed by atoms with Crippen LogP contribution in [0.2, 0.25) is 0 Å². The number of nitrogens with one attached hydrogen (secondary N) is 1. The van der Waals surface area contributed by atoms with Crippen LogP contribution in [0.3, 0.4) is 0 Å². The number of carboxylic acid groups (broad SMARTS) is 1. The molecule has 6 heteroatoms. The lowest BCUT2D eigenvalue weighted by atomic mass is 10.00. The molecule has 0 fully saturated rings. The van der Waals surface area contributed by atoms with E-state index in [1.54, 1.807) is 12.1 Å². The number of fused-ring (bicyclic) bond motifs is 1. The highest BCUT2D eigenvalue weighted by molar-refractivity contribution is 5.89. The summed E-state index contributed by atoms with van der Waals surface area (Å²) in [7, 11) is 0. The minimum Gasteiger partial charge on any atom is -0.490 e. The standard InChI is InChI=1S/C23H22N2O4/c26-23(27)22-21(29-14-13-28-18-6-2-1-3-7-18)11-10-19(25-22)17-9-8-16-5-4-12-24-20(16)15-17/h1-3,6-11,15,24H,4-5,12-14H2,(H,26,27). The first-order valence-electron chi connectivity index (χ1n) is 9.63. The summed E-state index contributed by atoms with van der Waals surface area (Å²) in [4.78, 5) is 16.0. The third kappa shape index (κ3) is 4.48. The summed E-state index contributed by atoms with van der Waals surface area (Å²) in [5, 5.41) is 13.0. The molecular formula is C23H22N2O4. The van der Waals surface area contributed by atoms with Crippen molar-refractivity contribution in [1.29, 1.82) is 0 Å². The molecule has 0 unspecified atom stereocenters. The second kappa shape index (κ2) is 8.65. The maximum Gasteiger partial charge on any atom is 0.358 e. The van der Waals surface area contributed by atoms with E-state index in [0.717, 1.165) is 36.4 Å². The number of hydrogen-bond acceptors (Lipinski definition) is 5. The van der Waals surface area contributed by atoms with Gasteiger partial charge in [0.15, 0.2) is 11.4 Å². The highest BCUT2D eigenvalue weighted by Crippen LogP contribution is 2.29. The Labute approximate surface area is 169 Å². The third-order valence-corrected chi connectivity index (χ3v) is 4.76. The van der Waals surface area contributed by atoms with Crippen molar-refractivity contribution < 1.29 is 19.4 Å². The number of carbonyl (C=O) groups is 1. The smallest absolute Gasteiger partial charge is 0.358 e. The number of pyridine rings is 1. The predicted octanol–water partition coefficient (Wildman–Crippen LogP) is 4.26. The molecule has 148 valence electrons. The summed E-state index contributed by atoms with van der Waals surface area (Å²) < 4.78 is 11.2. The summed E-state index contributed by atoms with van der Waals surface area (Å²) in [6, 6.07) is 18.9. The number of nitrogens with zero attached hydrogens (tertiary/aromatic N) is 1. The van der Waals surface area contributed by atoms with Crippen LogP contribution in [0, 0.1) is 0 Å². The summed E-state index contributed by atoms with van der Waals surface area (Å²) in [6.07, 6.45) is 2.17. The van der Waals surface area contributed by atoms with Crippen molar-refractivity contribution in [3.05, 3.63) is 71.9 Å². The van der Waals surface area contributed by atoms with Crippen LogP contribution in [0.4, 0.5) is 5.69 Å². The van der Waals surface area contributed by atoms with Gasteiger partial charge in [-0.15, -0.1) is 0 Å². The Morgan fingerprint density at radius 3 is 2.69 bits per heavy atom. The van der Waals surface area contributed by atoms with Gasteiger partial charge in [-0.2, -0.15) is 0 Å². The Hall–Kier alpha value is -3.54. The maximum absolute atomic E-state index is 11.7. The van der Waals surface area contributed by atoms with Crippen molar-refractivity contribution in [3.63, 3.8) is 0 Å². The Bertz CT molecular complexity index is 1010. The topological polar surface area (TPSA) is 80.7 Å². The van der Waals surface area contributed by atoms with E-state index in [4.69, 9.17) is 9.47 Å². The molecule has 0 aliphatic carbocycles. The molecule has 6 nitrogen and oxygen atoms in total. The molecule has 1 aliphatic heterocycles. The van der Waals surface area contributed by atoms with Gasteiger partial charge in [0.25, 0.3) is 0 Å². The van der Waals surface area contributed by atoms with Crippen molar-refractivity contribution in [2.45, 2.75) is 12.8 Å². The normalized spacial score (nSPS) is 12.6. The van der Waals surface area contributed by atoms with Crippen LogP contribution in [0.25, 0.3) is 11.3 Å². The second-order valence-electron chi connectivity index (χ2n) is 6.76. The lowest BCUT2D eigenvalue weighted by molar-refractivity contribution is 0.0684. The van der Waals surface area contributed by atoms with Crippen LogP contribution < -0.4 is 14.8 Å². The van der Waals surface area contributed by atoms with E-state index in [1.165, 1.54) is 5.56 Å². The van der Waals surface area contributed by atoms with Gasteiger partial charge in [-0.05, 0) is 48.7 Å². The number of hydrogen-bond donors (Lipinski definition) is 2. The molecule has 0 radical (unpaired) electrons. The van der Waals surface area contributed by atoms with Crippen LogP contribution in [-0.4, -0.2) is 35.8 Å². The van der Waals surface area contributed by atoms with Crippen molar-refractivity contribution in [2.75, 3.05) is 25.1 Å². The fraction of sp³-hybridized carbons (Fsp3) is 0.217. The van der Waals surface area contributed by atoms with Crippen molar-refractivity contribution in [3.8, 4) is 22.8 Å². The third-order valence-electron chi connectivity index (χ3n) is 4.76. The predicted molar refractivity (Wildman–Crippen MR) is 111 cm³/mol. The number of aromatic nitrogens is 1. The van der Waals surface area contributed by atoms with Crippen LogP contribution >= 0.6 is 0 Å². The summed E-state index contributed by atoms with van der Waals surface area (Å²) in [5.74, 6) is -0.153. The molecule has 29 heavy (non-hydrogen) atoms. The van der Waals surface area contributed by atoms with Gasteiger partial charge in [0.1, 0.15) is 19.0 Å². The van der Waals surface area contributed by atoms with Crippen molar-refractivity contribution in [2.24, 2.45) is 0 Å². The number of benzene rings is 2. The van der Waals surface area contributed by atoms with Crippen LogP contribution in [0.15, 0.2) is 60.7 Å². The zero-order valence-corrected chi connectivity index (χ0v) is 15.9. The molecule has 1 aliphatic rings. The number of anilines is 1. The molecule has 1 aromatic heterocycles. The van der Waals surface area contributed by atoms with E-state index in [1.807, 2.05) is 42.5 Å². The zero-order chi connectivity index (χ0) is 20.1. The first-order chi connectivity index (χ1) is 14.2. The largest absolute Gasteiger partial charge is 0.490 e. The van der Waals surface area contributed by atoms with E-state index < -0.39 is 5.97 Å². The highest BCUT2D eigenvalue weighted by Gasteiger charge is 2.16. The fourth-order valence-corrected chi connectivity index (χ4v) is 3.32. The Morgan fingerprint density at radius 2 is 1.86 bits per heavy atom. The fourth-order valence-electron chi connectivity index (χ4n) is 3.32. The van der Waals surface area contributed by atoms with E-state index in [2.05, 4.69) is 16.4 Å². The summed E-state index contributed by atoms with van der Waals surface area (Å²) in [5.41, 5.74) is 3.74. The van der Waals surface area contributed by atoms with E-state index >= 15 is 0 Å². The summed E-state index contributed by atoms with van der Waals surface area (Å²) >= 11 is 0. The minimum absolute atomic E-state index is 0.104. The molecule has 0 amide bonds. The molecular weight excluding hydrogens is 368 g/mol. The Kier molecular flexibility index (Phi) is 5.61. The highest BCUT2D eigenvalue weighted by atomic mass is 16.5. The number of ether oxygens (including phenoxy) is 2. The molecule has 0 saturated carbocycles. The van der Waals surface area contributed by atoms with E-state index in [0.29, 0.717) is 12.3 Å². The SMILES string of the molecule is O=C(O)c1nc(-c2ccc3c(c2)NCCC3)ccc1OCCOc1ccccc1. The molecule has 0 bridgehead atoms. The molecule has 3 aromatic rings. The molecule has 2 N–H and O–H groups in total. The average Bonchev–Trinajstić information content (AvgIpc) is 2.77. The number of rotatable bonds is 7. The molecule has 2 heterocycles. The van der Waals surface area contributed by atoms with Crippen molar-refractivity contribution in [1.82, 2.24) is 4.98 Å². The van der Waals surface area contributed by atoms with Crippen molar-refractivity contribution >= 4 is 11.7 Å². The van der Waals surface area contributed by atoms with Gasteiger partial charge >= 0.3 is 5.97 Å². The minimum atomic E-state index is -1.12. The second-order valence-corrected chi connectivity index (χ2v) is 6.76. The van der Waals surface area contributed by atoms with Crippen LogP contribution in [0.1, 0.15) is 22.5 Å². The lowest BCUT2D eigenvalue weighted by Crippen LogP contribution is -2.13. The quantitative estimate of drug-likeness (QED) is 0.587. The van der Waals surface area contributed by atoms with E-state index in [-0.39, 0.29) is 18.1 Å². The number of para-hydroxylation sites is 1. The first kappa shape index (κ1) is 18.8. The van der Waals surface area contributed by atoms with Crippen LogP contribution in [-0.2, 0) is 6.42 Å². The number of aryl methyl sites for hydroxylation is 1. The van der Waals surface area contributed by atoms with Gasteiger partial charge in [0.2, 0.25) is 0 Å². The average molecular weight is 390 g/mol. The molecule has 0 spiro atoms. The van der Waals surface area contributed by atoms with Gasteiger partial charge in [-0.3, -0.25) is 0 Å². The maximum atomic E-state index is 11.7. The van der Waals surface area contributed by atoms with Crippen LogP contribution in [0.5, 0.6) is 11.5 Å². The van der Waals surface area contributed by atoms with E-state index in [9.17, 15) is 9.90 Å². The zero-order valence-electron chi connectivity index (χ0n) is 15.9. The van der Waals surface area contributed by atoms with Gasteiger partial charge in [-0.25, -0.2) is 9.78 Å². The molecule has 0 saturated heterocycles. The number of carboxylic acids is 1. The Balaban J connectivity index is 1.47. The monoisotopic (exact) mass is 390 g/mol. The van der Waals surface area contributed by atoms with Gasteiger partial charge in [0, 0.05) is 17.8 Å². The van der Waals surface area contributed by atoms with Gasteiger partial charge < -0.3 is 19.9 Å². The number of aromatic carboxylic acids is 1. The first-order valence-corrected chi connectivity index (χ1v) is 9.63. The Morgan fingerprint density at radius 1 is 1.03 bits per heavy atom. The molecule has 4 rings (SSSR count).